The van der Waals surface area contributed by atoms with Crippen molar-refractivity contribution in [1.29, 1.82) is 0 Å². The van der Waals surface area contributed by atoms with Crippen LogP contribution in [0.3, 0.4) is 0 Å². The van der Waals surface area contributed by atoms with Gasteiger partial charge in [-0.3, -0.25) is 0 Å². The summed E-state index contributed by atoms with van der Waals surface area (Å²) in [5, 5.41) is 138. The first-order chi connectivity index (χ1) is 16.4. The summed E-state index contributed by atoms with van der Waals surface area (Å²) in [7, 11) is 0. The Bertz CT molecular complexity index is 347. The molecular weight excluding hydrogens is 672 g/mol. The predicted octanol–water partition coefficient (Wildman–Crippen LogP) is -7.88. The first kappa shape index (κ1) is 90.1. The summed E-state index contributed by atoms with van der Waals surface area (Å²) in [6, 6.07) is 0. The molecule has 0 saturated carbocycles. The van der Waals surface area contributed by atoms with Crippen LogP contribution < -0.4 is 0 Å². The molecule has 0 spiro atoms. The zero-order valence-electron chi connectivity index (χ0n) is 22.3. The molecule has 0 aliphatic rings. The van der Waals surface area contributed by atoms with Crippen LogP contribution in [0.15, 0.2) is 0 Å². The van der Waals surface area contributed by atoms with Gasteiger partial charge >= 0.3 is 87.9 Å². The first-order valence-corrected chi connectivity index (χ1v) is 8.78. The zero-order chi connectivity index (χ0) is 30.7. The second-order valence-corrected chi connectivity index (χ2v) is 4.92. The van der Waals surface area contributed by atoms with Gasteiger partial charge in [0.25, 0.3) is 0 Å². The Hall–Kier alpha value is -0.660. The molecule has 0 fully saturated rings. The third kappa shape index (κ3) is 272. The molecule has 0 aromatic heterocycles. The van der Waals surface area contributed by atoms with Crippen molar-refractivity contribution in [3.05, 3.63) is 0 Å². The van der Waals surface area contributed by atoms with Crippen LogP contribution in [0.5, 0.6) is 0 Å². The minimum atomic E-state index is -1.83. The Labute approximate surface area is 287 Å². The van der Waals surface area contributed by atoms with E-state index in [4.69, 9.17) is 106 Å². The molecule has 0 atom stereocenters. The van der Waals surface area contributed by atoms with Gasteiger partial charge in [-0.1, -0.05) is 0 Å². The van der Waals surface area contributed by atoms with Crippen LogP contribution in [0.2, 0.25) is 0 Å². The van der Waals surface area contributed by atoms with E-state index in [0.717, 1.165) is 0 Å². The quantitative estimate of drug-likeness (QED) is 0.104. The van der Waals surface area contributed by atoms with Crippen LogP contribution in [0.1, 0.15) is 0 Å². The van der Waals surface area contributed by atoms with Gasteiger partial charge in [-0.25, -0.2) is 14.4 Å². The Morgan fingerprint density at radius 2 is 0.372 bits per heavy atom. The van der Waals surface area contributed by atoms with Crippen molar-refractivity contribution < 1.29 is 123 Å². The normalized spacial score (nSPS) is 7.26. The number of hydrogen-bond donors (Lipinski definition) is 18. The summed E-state index contributed by atoms with van der Waals surface area (Å²) < 4.78 is 0. The molecule has 0 bridgehead atoms. The molecule has 0 rings (SSSR count). The van der Waals surface area contributed by atoms with E-state index in [1.165, 1.54) is 0 Å². The van der Waals surface area contributed by atoms with Gasteiger partial charge in [-0.05, 0) is 0 Å². The van der Waals surface area contributed by atoms with Crippen molar-refractivity contribution in [2.24, 2.45) is 0 Å². The van der Waals surface area contributed by atoms with Crippen LogP contribution in [-0.2, 0) is 16.4 Å². The van der Waals surface area contributed by atoms with Gasteiger partial charge in [0.15, 0.2) is 0 Å². The number of aliphatic hydroxyl groups excluding tert-OH is 12. The minimum absolute atomic E-state index is 0. The summed E-state index contributed by atoms with van der Waals surface area (Å²) in [6.07, 6.45) is -9.31. The van der Waals surface area contributed by atoms with E-state index in [2.05, 4.69) is 0 Å². The maximum absolute atomic E-state index is 8.56. The molecule has 24 nitrogen and oxygen atoms in total. The summed E-state index contributed by atoms with van der Waals surface area (Å²) in [5.41, 5.74) is 0. The van der Waals surface area contributed by atoms with Crippen LogP contribution >= 0.6 is 0 Å². The van der Waals surface area contributed by atoms with E-state index in [-0.39, 0.29) is 139 Å². The van der Waals surface area contributed by atoms with Crippen molar-refractivity contribution in [3.63, 3.8) is 0 Å². The summed E-state index contributed by atoms with van der Waals surface area (Å²) in [6.45, 7) is -2.92. The van der Waals surface area contributed by atoms with E-state index in [1.54, 1.807) is 0 Å². The van der Waals surface area contributed by atoms with Gasteiger partial charge in [0.05, 0.1) is 52.9 Å². The van der Waals surface area contributed by atoms with Crippen LogP contribution in [-0.4, -0.2) is 257 Å². The van der Waals surface area contributed by atoms with Crippen molar-refractivity contribution in [1.82, 2.24) is 0 Å². The molecular formula is C15H38Al4O24+6. The largest absolute Gasteiger partial charge is 3.00 e. The topological polar surface area (TPSA) is 501 Å². The number of carbonyl (C=O) groups is 3. The molecule has 0 unspecified atom stereocenters. The number of carboxylic acid groups (broad SMARTS) is 6. The number of aliphatic hydroxyl groups is 12. The summed E-state index contributed by atoms with van der Waals surface area (Å²) >= 11 is 0. The maximum Gasteiger partial charge on any atom is 3.00 e. The van der Waals surface area contributed by atoms with Crippen molar-refractivity contribution in [3.8, 4) is 0 Å². The van der Waals surface area contributed by atoms with Crippen molar-refractivity contribution in [2.75, 3.05) is 52.9 Å². The Morgan fingerprint density at radius 3 is 0.372 bits per heavy atom. The molecule has 0 saturated heterocycles. The van der Waals surface area contributed by atoms with Gasteiger partial charge in [-0.15, -0.1) is 0 Å². The smallest absolute Gasteiger partial charge is 2.00 e. The molecule has 18 N–H and O–H groups in total. The fourth-order valence-corrected chi connectivity index (χ4v) is 0.231. The van der Waals surface area contributed by atoms with Crippen molar-refractivity contribution in [2.45, 2.75) is 24.4 Å². The van der Waals surface area contributed by atoms with E-state index >= 15 is 0 Å². The molecule has 28 heteroatoms. The Morgan fingerprint density at radius 1 is 0.326 bits per heavy atom. The van der Waals surface area contributed by atoms with E-state index in [1.807, 2.05) is 0 Å². The van der Waals surface area contributed by atoms with Crippen LogP contribution in [0.4, 0.5) is 14.4 Å². The van der Waals surface area contributed by atoms with E-state index < -0.39 is 42.9 Å². The van der Waals surface area contributed by atoms with Gasteiger partial charge in [0.2, 0.25) is 0 Å². The molecule has 0 amide bonds. The fraction of sp³-hybridized carbons (Fsp3) is 0.800. The monoisotopic (exact) mass is 710 g/mol. The molecule has 248 valence electrons. The Kier molecular flexibility index (Phi) is 175. The average Bonchev–Trinajstić information content (AvgIpc) is 2.81. The Balaban J connectivity index is -0.0000000186. The minimum Gasteiger partial charge on any atom is -2.00 e. The second-order valence-electron chi connectivity index (χ2n) is 4.92. The van der Waals surface area contributed by atoms with Gasteiger partial charge in [0, 0.05) is 0 Å². The molecule has 0 heterocycles. The molecule has 0 aliphatic carbocycles. The third-order valence-electron chi connectivity index (χ3n) is 1.69. The fourth-order valence-electron chi connectivity index (χ4n) is 0.231. The van der Waals surface area contributed by atoms with E-state index in [9.17, 15) is 0 Å². The summed E-state index contributed by atoms with van der Waals surface area (Å²) in [4.78, 5) is 25.7. The van der Waals surface area contributed by atoms with Gasteiger partial charge < -0.3 is 108 Å². The number of hydrogen-bond acceptors (Lipinski definition) is 15. The van der Waals surface area contributed by atoms with Gasteiger partial charge in [-0.2, -0.15) is 0 Å². The van der Waals surface area contributed by atoms with Crippen LogP contribution in [0, 0.1) is 0 Å². The van der Waals surface area contributed by atoms with E-state index in [0.29, 0.717) is 0 Å². The first-order valence-electron chi connectivity index (χ1n) is 8.78. The summed E-state index contributed by atoms with van der Waals surface area (Å²) in [5.74, 6) is 0. The second kappa shape index (κ2) is 83.8. The third-order valence-corrected chi connectivity index (χ3v) is 1.69. The maximum atomic E-state index is 8.56. The zero-order valence-corrected chi connectivity index (χ0v) is 26.9. The average molecular weight is 710 g/mol. The molecule has 0 radical (unpaired) electrons. The number of rotatable bonds is 8. The molecule has 43 heavy (non-hydrogen) atoms. The predicted molar refractivity (Wildman–Crippen MR) is 138 cm³/mol. The SMILES string of the molecule is O=C(O)O.O=C(O)O.O=C(O)O.OCC(O)CO.OCC(O)CO.OCC(O)CO.OCC(O)CO.[Al+3].[Al+3].[Al+3].[Al+3].[O-2].[O-2].[O-2]. The standard InChI is InChI=1S/4C3H8O3.3CH2O3.4Al.3O/c4*4-1-3(6)2-5;3*2-1(3)4;;;;;;;/h4*3-6H,1-2H2;3*(H2,2,3,4);;;;;;;/q;;;;;;;4*+3;3*-2. The molecule has 0 aliphatic heterocycles. The molecule has 0 aromatic rings. The van der Waals surface area contributed by atoms with Gasteiger partial charge in [0.1, 0.15) is 24.4 Å². The van der Waals surface area contributed by atoms with Crippen LogP contribution in [0.25, 0.3) is 0 Å². The van der Waals surface area contributed by atoms with Crippen molar-refractivity contribution >= 4 is 87.9 Å². The molecule has 0 aromatic carbocycles.